The molecule has 1 aliphatic heterocycles. The molecular formula is C29H30ClN3O3. The lowest BCUT2D eigenvalue weighted by Crippen LogP contribution is -2.51. The second-order valence-corrected chi connectivity index (χ2v) is 10.5. The summed E-state index contributed by atoms with van der Waals surface area (Å²) in [5, 5.41) is 6.42. The highest BCUT2D eigenvalue weighted by Gasteiger charge is 2.40. The lowest BCUT2D eigenvalue weighted by Gasteiger charge is -2.42. The number of fused-ring (bicyclic) bond motifs is 2. The Hall–Kier alpha value is -3.38. The maximum absolute atomic E-state index is 12.8. The number of H-pyrrole nitrogens is 1. The quantitative estimate of drug-likeness (QED) is 0.464. The summed E-state index contributed by atoms with van der Waals surface area (Å²) in [5.74, 6) is -0.262. The zero-order valence-electron chi connectivity index (χ0n) is 20.6. The second-order valence-electron chi connectivity index (χ2n) is 10.1. The SMILES string of the molecule is Cc1cc(C)c(CNC(=O)c2ccc(-c3ccc4c(c3)CC(=O)NC43CCCCC3)cc2Cl)c(=O)[nH]1. The van der Waals surface area contributed by atoms with Crippen LogP contribution in [0.5, 0.6) is 0 Å². The van der Waals surface area contributed by atoms with Crippen molar-refractivity contribution in [3.63, 3.8) is 0 Å². The third-order valence-electron chi connectivity index (χ3n) is 7.52. The Labute approximate surface area is 215 Å². The van der Waals surface area contributed by atoms with E-state index in [9.17, 15) is 14.4 Å². The van der Waals surface area contributed by atoms with Crippen molar-refractivity contribution >= 4 is 23.4 Å². The minimum atomic E-state index is -0.340. The Bertz CT molecular complexity index is 1420. The van der Waals surface area contributed by atoms with Crippen molar-refractivity contribution in [2.24, 2.45) is 0 Å². The molecule has 36 heavy (non-hydrogen) atoms. The van der Waals surface area contributed by atoms with Crippen LogP contribution < -0.4 is 16.2 Å². The van der Waals surface area contributed by atoms with E-state index in [1.165, 1.54) is 12.0 Å². The summed E-state index contributed by atoms with van der Waals surface area (Å²) < 4.78 is 0. The monoisotopic (exact) mass is 503 g/mol. The van der Waals surface area contributed by atoms with Gasteiger partial charge in [-0.2, -0.15) is 0 Å². The zero-order valence-corrected chi connectivity index (χ0v) is 21.3. The molecule has 5 rings (SSSR count). The molecule has 6 nitrogen and oxygen atoms in total. The summed E-state index contributed by atoms with van der Waals surface area (Å²) in [5.41, 5.74) is 6.18. The van der Waals surface area contributed by atoms with Gasteiger partial charge in [0.15, 0.2) is 0 Å². The van der Waals surface area contributed by atoms with E-state index < -0.39 is 0 Å². The van der Waals surface area contributed by atoms with E-state index in [0.717, 1.165) is 53.6 Å². The van der Waals surface area contributed by atoms with Crippen LogP contribution in [-0.2, 0) is 23.3 Å². The van der Waals surface area contributed by atoms with Gasteiger partial charge in [0.2, 0.25) is 5.91 Å². The number of aromatic amines is 1. The van der Waals surface area contributed by atoms with Gasteiger partial charge in [0.05, 0.1) is 22.5 Å². The topological polar surface area (TPSA) is 91.1 Å². The number of nitrogens with one attached hydrogen (secondary N) is 3. The number of carbonyl (C=O) groups is 2. The number of amides is 2. The first-order valence-corrected chi connectivity index (χ1v) is 12.9. The first kappa shape index (κ1) is 24.3. The Morgan fingerprint density at radius 1 is 1.00 bits per heavy atom. The van der Waals surface area contributed by atoms with Gasteiger partial charge in [0, 0.05) is 17.8 Å². The molecule has 2 aromatic carbocycles. The third-order valence-corrected chi connectivity index (χ3v) is 7.84. The van der Waals surface area contributed by atoms with Crippen LogP contribution in [0, 0.1) is 13.8 Å². The predicted molar refractivity (Wildman–Crippen MR) is 141 cm³/mol. The molecule has 1 saturated carbocycles. The van der Waals surface area contributed by atoms with E-state index in [2.05, 4.69) is 33.8 Å². The van der Waals surface area contributed by atoms with Crippen LogP contribution in [0.4, 0.5) is 0 Å². The highest BCUT2D eigenvalue weighted by molar-refractivity contribution is 6.34. The number of rotatable bonds is 4. The van der Waals surface area contributed by atoms with Gasteiger partial charge in [-0.15, -0.1) is 0 Å². The number of pyridine rings is 1. The van der Waals surface area contributed by atoms with Gasteiger partial charge in [-0.3, -0.25) is 14.4 Å². The molecule has 1 aromatic heterocycles. The second kappa shape index (κ2) is 9.58. The summed E-state index contributed by atoms with van der Waals surface area (Å²) in [7, 11) is 0. The van der Waals surface area contributed by atoms with E-state index in [1.54, 1.807) is 12.1 Å². The van der Waals surface area contributed by atoms with E-state index in [1.807, 2.05) is 26.0 Å². The molecule has 186 valence electrons. The van der Waals surface area contributed by atoms with E-state index in [0.29, 0.717) is 22.6 Å². The first-order valence-electron chi connectivity index (χ1n) is 12.5. The van der Waals surface area contributed by atoms with Gasteiger partial charge in [-0.25, -0.2) is 0 Å². The van der Waals surface area contributed by atoms with E-state index in [-0.39, 0.29) is 29.5 Å². The number of hydrogen-bond donors (Lipinski definition) is 3. The molecule has 2 amide bonds. The Morgan fingerprint density at radius 2 is 1.72 bits per heavy atom. The molecule has 3 N–H and O–H groups in total. The van der Waals surface area contributed by atoms with Crippen LogP contribution in [0.2, 0.25) is 5.02 Å². The third kappa shape index (κ3) is 4.58. The predicted octanol–water partition coefficient (Wildman–Crippen LogP) is 5.07. The molecule has 3 aromatic rings. The van der Waals surface area contributed by atoms with Gasteiger partial charge in [-0.1, -0.05) is 55.1 Å². The molecule has 0 saturated heterocycles. The average Bonchev–Trinajstić information content (AvgIpc) is 2.83. The molecule has 7 heteroatoms. The Balaban J connectivity index is 1.37. The minimum Gasteiger partial charge on any atom is -0.348 e. The summed E-state index contributed by atoms with van der Waals surface area (Å²) >= 11 is 6.53. The molecule has 1 spiro atoms. The number of halogens is 1. The van der Waals surface area contributed by atoms with Crippen LogP contribution >= 0.6 is 11.6 Å². The number of aryl methyl sites for hydroxylation is 2. The smallest absolute Gasteiger partial charge is 0.253 e. The zero-order chi connectivity index (χ0) is 25.4. The summed E-state index contributed by atoms with van der Waals surface area (Å²) in [6.07, 6.45) is 5.79. The van der Waals surface area contributed by atoms with Gasteiger partial charge in [-0.05, 0) is 72.7 Å². The largest absolute Gasteiger partial charge is 0.348 e. The first-order chi connectivity index (χ1) is 17.3. The molecule has 2 heterocycles. The van der Waals surface area contributed by atoms with Gasteiger partial charge < -0.3 is 15.6 Å². The van der Waals surface area contributed by atoms with E-state index >= 15 is 0 Å². The van der Waals surface area contributed by atoms with Crippen molar-refractivity contribution in [2.75, 3.05) is 0 Å². The summed E-state index contributed by atoms with van der Waals surface area (Å²) in [6, 6.07) is 13.5. The van der Waals surface area contributed by atoms with Crippen LogP contribution in [-0.4, -0.2) is 16.8 Å². The van der Waals surface area contributed by atoms with Crippen LogP contribution in [0.15, 0.2) is 47.3 Å². The van der Waals surface area contributed by atoms with Crippen molar-refractivity contribution in [3.05, 3.63) is 91.4 Å². The highest BCUT2D eigenvalue weighted by Crippen LogP contribution is 2.42. The van der Waals surface area contributed by atoms with Gasteiger partial charge >= 0.3 is 0 Å². The van der Waals surface area contributed by atoms with Crippen molar-refractivity contribution in [1.29, 1.82) is 0 Å². The van der Waals surface area contributed by atoms with Crippen molar-refractivity contribution in [2.45, 2.75) is 64.5 Å². The molecule has 0 bridgehead atoms. The number of carbonyl (C=O) groups excluding carboxylic acids is 2. The van der Waals surface area contributed by atoms with Crippen LogP contribution in [0.25, 0.3) is 11.1 Å². The van der Waals surface area contributed by atoms with Crippen molar-refractivity contribution in [1.82, 2.24) is 15.6 Å². The van der Waals surface area contributed by atoms with Crippen molar-refractivity contribution in [3.8, 4) is 11.1 Å². The van der Waals surface area contributed by atoms with Gasteiger partial charge in [0.25, 0.3) is 11.5 Å². The summed E-state index contributed by atoms with van der Waals surface area (Å²) in [6.45, 7) is 3.79. The Morgan fingerprint density at radius 3 is 2.44 bits per heavy atom. The molecular weight excluding hydrogens is 474 g/mol. The maximum Gasteiger partial charge on any atom is 0.253 e. The van der Waals surface area contributed by atoms with Crippen LogP contribution in [0.3, 0.4) is 0 Å². The highest BCUT2D eigenvalue weighted by atomic mass is 35.5. The van der Waals surface area contributed by atoms with E-state index in [4.69, 9.17) is 11.6 Å². The molecule has 1 aliphatic carbocycles. The number of benzene rings is 2. The molecule has 1 fully saturated rings. The van der Waals surface area contributed by atoms with Crippen molar-refractivity contribution < 1.29 is 9.59 Å². The fraction of sp³-hybridized carbons (Fsp3) is 0.345. The maximum atomic E-state index is 12.8. The number of hydrogen-bond acceptors (Lipinski definition) is 3. The lowest BCUT2D eigenvalue weighted by molar-refractivity contribution is -0.123. The average molecular weight is 504 g/mol. The minimum absolute atomic E-state index is 0.0780. The lowest BCUT2D eigenvalue weighted by atomic mass is 9.72. The van der Waals surface area contributed by atoms with Gasteiger partial charge in [0.1, 0.15) is 0 Å². The fourth-order valence-corrected chi connectivity index (χ4v) is 6.00. The molecule has 0 radical (unpaired) electrons. The number of aromatic nitrogens is 1. The fourth-order valence-electron chi connectivity index (χ4n) is 5.73. The molecule has 0 unspecified atom stereocenters. The molecule has 0 atom stereocenters. The Kier molecular flexibility index (Phi) is 6.47. The normalized spacial score (nSPS) is 16.4. The molecule has 2 aliphatic rings. The standard InChI is InChI=1S/C29H30ClN3O3/c1-17-12-18(2)32-28(36)23(17)16-31-27(35)22-8-6-20(14-25(22)30)19-7-9-24-21(13-19)15-26(34)33-29(24)10-4-3-5-11-29/h6-9,12-14H,3-5,10-11,15-16H2,1-2H3,(H,31,35)(H,32,36)(H,33,34). The van der Waals surface area contributed by atoms with Crippen LogP contribution in [0.1, 0.15) is 70.4 Å². The summed E-state index contributed by atoms with van der Waals surface area (Å²) in [4.78, 5) is 40.4.